The quantitative estimate of drug-likeness (QED) is 0.532. The summed E-state index contributed by atoms with van der Waals surface area (Å²) < 4.78 is 10.9. The van der Waals surface area contributed by atoms with Gasteiger partial charge in [0.25, 0.3) is 0 Å². The fraction of sp³-hybridized carbons (Fsp3) is 0.905. The lowest BCUT2D eigenvalue weighted by molar-refractivity contribution is -0.00834. The molecule has 29 heavy (non-hydrogen) atoms. The topological polar surface area (TPSA) is 78.4 Å². The summed E-state index contributed by atoms with van der Waals surface area (Å²) >= 11 is 0. The summed E-state index contributed by atoms with van der Waals surface area (Å²) in [4.78, 5) is 20.8. The van der Waals surface area contributed by atoms with Crippen molar-refractivity contribution in [3.63, 3.8) is 0 Å². The van der Waals surface area contributed by atoms with Gasteiger partial charge in [-0.2, -0.15) is 0 Å². The molecule has 0 spiro atoms. The molecule has 0 aliphatic carbocycles. The molecule has 0 radical (unpaired) electrons. The van der Waals surface area contributed by atoms with Crippen LogP contribution in [0.3, 0.4) is 0 Å². The Bertz CT molecular complexity index is 545. The van der Waals surface area contributed by atoms with Gasteiger partial charge in [0, 0.05) is 51.9 Å². The number of hydrogen-bond donors (Lipinski definition) is 2. The third-order valence-electron chi connectivity index (χ3n) is 5.60. The number of morpholine rings is 1. The van der Waals surface area contributed by atoms with Crippen LogP contribution in [0.15, 0.2) is 4.99 Å². The van der Waals surface area contributed by atoms with Gasteiger partial charge in [0.2, 0.25) is 0 Å². The molecule has 0 atom stereocenters. The Balaban J connectivity index is 1.70. The largest absolute Gasteiger partial charge is 0.444 e. The van der Waals surface area contributed by atoms with Crippen molar-refractivity contribution in [1.29, 1.82) is 0 Å². The van der Waals surface area contributed by atoms with E-state index in [2.05, 4.69) is 34.4 Å². The number of rotatable bonds is 5. The second-order valence-corrected chi connectivity index (χ2v) is 9.63. The molecule has 0 bridgehead atoms. The molecule has 2 rings (SSSR count). The van der Waals surface area contributed by atoms with Gasteiger partial charge >= 0.3 is 6.09 Å². The van der Waals surface area contributed by atoms with Gasteiger partial charge in [0.05, 0.1) is 13.2 Å². The number of amides is 1. The number of likely N-dealkylation sites (tertiary alicyclic amines) is 1. The average molecular weight is 412 g/mol. The Kier molecular flexibility index (Phi) is 8.58. The molecule has 2 aliphatic heterocycles. The predicted octanol–water partition coefficient (Wildman–Crippen LogP) is 1.91. The fourth-order valence-corrected chi connectivity index (χ4v) is 3.69. The van der Waals surface area contributed by atoms with Crippen molar-refractivity contribution in [3.8, 4) is 0 Å². The highest BCUT2D eigenvalue weighted by Gasteiger charge is 2.29. The van der Waals surface area contributed by atoms with Crippen LogP contribution < -0.4 is 10.6 Å². The summed E-state index contributed by atoms with van der Waals surface area (Å²) in [5.74, 6) is 1.36. The van der Waals surface area contributed by atoms with Gasteiger partial charge in [-0.25, -0.2) is 4.79 Å². The highest BCUT2D eigenvalue weighted by Crippen LogP contribution is 2.19. The zero-order valence-corrected chi connectivity index (χ0v) is 19.2. The first kappa shape index (κ1) is 23.7. The molecule has 0 aromatic heterocycles. The van der Waals surface area contributed by atoms with Crippen molar-refractivity contribution in [2.24, 2.45) is 10.9 Å². The van der Waals surface area contributed by atoms with Crippen molar-refractivity contribution in [2.75, 3.05) is 59.5 Å². The van der Waals surface area contributed by atoms with E-state index >= 15 is 0 Å². The van der Waals surface area contributed by atoms with Crippen LogP contribution in [0.2, 0.25) is 0 Å². The van der Waals surface area contributed by atoms with Gasteiger partial charge in [0.1, 0.15) is 5.60 Å². The van der Waals surface area contributed by atoms with Crippen LogP contribution in [0, 0.1) is 5.92 Å². The number of carbonyl (C=O) groups is 1. The van der Waals surface area contributed by atoms with E-state index in [1.807, 2.05) is 32.7 Å². The van der Waals surface area contributed by atoms with E-state index in [0.29, 0.717) is 5.92 Å². The number of ether oxygens (including phenoxy) is 2. The first-order chi connectivity index (χ1) is 13.6. The average Bonchev–Trinajstić information content (AvgIpc) is 2.68. The van der Waals surface area contributed by atoms with Crippen molar-refractivity contribution in [3.05, 3.63) is 0 Å². The summed E-state index contributed by atoms with van der Waals surface area (Å²) in [6.07, 6.45) is 1.75. The van der Waals surface area contributed by atoms with Crippen molar-refractivity contribution in [1.82, 2.24) is 20.4 Å². The molecule has 2 heterocycles. The molecular formula is C21H41N5O3. The van der Waals surface area contributed by atoms with Gasteiger partial charge in [-0.15, -0.1) is 0 Å². The lowest BCUT2D eigenvalue weighted by Gasteiger charge is -2.41. The highest BCUT2D eigenvalue weighted by molar-refractivity contribution is 5.79. The number of piperidine rings is 1. The Morgan fingerprint density at radius 3 is 2.24 bits per heavy atom. The van der Waals surface area contributed by atoms with Crippen molar-refractivity contribution >= 4 is 12.1 Å². The highest BCUT2D eigenvalue weighted by atomic mass is 16.6. The van der Waals surface area contributed by atoms with E-state index in [0.717, 1.165) is 71.3 Å². The summed E-state index contributed by atoms with van der Waals surface area (Å²) in [5, 5.41) is 6.93. The number of hydrogen-bond acceptors (Lipinski definition) is 5. The maximum absolute atomic E-state index is 12.2. The summed E-state index contributed by atoms with van der Waals surface area (Å²) in [7, 11) is 1.81. The van der Waals surface area contributed by atoms with E-state index in [9.17, 15) is 4.79 Å². The molecule has 0 aromatic rings. The zero-order chi connectivity index (χ0) is 21.5. The maximum Gasteiger partial charge on any atom is 0.410 e. The predicted molar refractivity (Wildman–Crippen MR) is 116 cm³/mol. The minimum atomic E-state index is -0.442. The molecule has 1 amide bonds. The molecule has 0 saturated carbocycles. The van der Waals surface area contributed by atoms with Crippen molar-refractivity contribution < 1.29 is 14.3 Å². The maximum atomic E-state index is 12.2. The van der Waals surface area contributed by atoms with E-state index in [1.54, 1.807) is 0 Å². The SMILES string of the molecule is CN=C(NCC1CCN(C(=O)OC(C)(C)C)CC1)NCC(C)(C)N1CCOCC1. The Morgan fingerprint density at radius 2 is 1.69 bits per heavy atom. The lowest BCUT2D eigenvalue weighted by atomic mass is 9.97. The molecule has 168 valence electrons. The molecular weight excluding hydrogens is 370 g/mol. The van der Waals surface area contributed by atoms with Gasteiger partial charge in [0.15, 0.2) is 5.96 Å². The molecule has 2 N–H and O–H groups in total. The van der Waals surface area contributed by atoms with Crippen LogP contribution in [-0.2, 0) is 9.47 Å². The molecule has 0 unspecified atom stereocenters. The van der Waals surface area contributed by atoms with Crippen molar-refractivity contribution in [2.45, 2.75) is 58.6 Å². The third kappa shape index (κ3) is 8.01. The van der Waals surface area contributed by atoms with E-state index in [-0.39, 0.29) is 11.6 Å². The summed E-state index contributed by atoms with van der Waals surface area (Å²) in [6.45, 7) is 16.9. The molecule has 8 nitrogen and oxygen atoms in total. The molecule has 2 saturated heterocycles. The minimum Gasteiger partial charge on any atom is -0.444 e. The second kappa shape index (κ2) is 10.5. The number of aliphatic imine (C=N–C) groups is 1. The zero-order valence-electron chi connectivity index (χ0n) is 19.2. The van der Waals surface area contributed by atoms with Crippen LogP contribution in [-0.4, -0.2) is 92.5 Å². The van der Waals surface area contributed by atoms with Crippen LogP contribution in [0.25, 0.3) is 0 Å². The third-order valence-corrected chi connectivity index (χ3v) is 5.60. The summed E-state index contributed by atoms with van der Waals surface area (Å²) in [5.41, 5.74) is -0.400. The molecule has 2 aliphatic rings. The Hall–Kier alpha value is -1.54. The molecule has 0 aromatic carbocycles. The van der Waals surface area contributed by atoms with Gasteiger partial charge in [-0.05, 0) is 53.4 Å². The summed E-state index contributed by atoms with van der Waals surface area (Å²) in [6, 6.07) is 0. The van der Waals surface area contributed by atoms with E-state index in [4.69, 9.17) is 9.47 Å². The molecule has 8 heteroatoms. The normalized spacial score (nSPS) is 20.5. The van der Waals surface area contributed by atoms with E-state index < -0.39 is 5.60 Å². The monoisotopic (exact) mass is 411 g/mol. The second-order valence-electron chi connectivity index (χ2n) is 9.63. The van der Waals surface area contributed by atoms with Gasteiger partial charge in [-0.1, -0.05) is 0 Å². The standard InChI is InChI=1S/C21H41N5O3/c1-20(2,3)29-19(27)25-9-7-17(8-10-25)15-23-18(22-6)24-16-21(4,5)26-11-13-28-14-12-26/h17H,7-16H2,1-6H3,(H2,22,23,24). The van der Waals surface area contributed by atoms with Crippen LogP contribution in [0.5, 0.6) is 0 Å². The lowest BCUT2D eigenvalue weighted by Crippen LogP contribution is -2.56. The first-order valence-corrected chi connectivity index (χ1v) is 10.9. The minimum absolute atomic E-state index is 0.0418. The first-order valence-electron chi connectivity index (χ1n) is 10.9. The number of nitrogens with one attached hydrogen (secondary N) is 2. The van der Waals surface area contributed by atoms with Gasteiger partial charge in [-0.3, -0.25) is 9.89 Å². The fourth-order valence-electron chi connectivity index (χ4n) is 3.69. The molecule has 2 fully saturated rings. The van der Waals surface area contributed by atoms with Crippen LogP contribution in [0.1, 0.15) is 47.5 Å². The van der Waals surface area contributed by atoms with E-state index in [1.165, 1.54) is 0 Å². The number of nitrogens with zero attached hydrogens (tertiary/aromatic N) is 3. The van der Waals surface area contributed by atoms with Crippen LogP contribution >= 0.6 is 0 Å². The van der Waals surface area contributed by atoms with Crippen LogP contribution in [0.4, 0.5) is 4.79 Å². The Morgan fingerprint density at radius 1 is 1.07 bits per heavy atom. The van der Waals surface area contributed by atoms with Gasteiger partial charge < -0.3 is 25.0 Å². The smallest absolute Gasteiger partial charge is 0.410 e. The number of carbonyl (C=O) groups excluding carboxylic acids is 1. The number of guanidine groups is 1. The Labute approximate surface area is 176 Å².